The molecular formula is C13H11BrClN3O2. The summed E-state index contributed by atoms with van der Waals surface area (Å²) in [6.07, 6.45) is 1.40. The molecule has 0 aliphatic heterocycles. The predicted molar refractivity (Wildman–Crippen MR) is 82.4 cm³/mol. The molecular weight excluding hydrogens is 346 g/mol. The fourth-order valence-corrected chi connectivity index (χ4v) is 2.10. The van der Waals surface area contributed by atoms with E-state index in [4.69, 9.17) is 17.3 Å². The molecule has 0 aliphatic rings. The van der Waals surface area contributed by atoms with Crippen LogP contribution in [0.3, 0.4) is 0 Å². The molecule has 0 atom stereocenters. The van der Waals surface area contributed by atoms with E-state index in [9.17, 15) is 4.79 Å². The Morgan fingerprint density at radius 1 is 1.50 bits per heavy atom. The summed E-state index contributed by atoms with van der Waals surface area (Å²) in [6.45, 7) is 0. The SMILES string of the molecule is COC(=O)c1cc(Nc2cccc(Cl)c2Br)ncc1N. The largest absolute Gasteiger partial charge is 0.465 e. The third-order valence-electron chi connectivity index (χ3n) is 2.55. The first-order chi connectivity index (χ1) is 9.52. The highest BCUT2D eigenvalue weighted by Crippen LogP contribution is 2.32. The molecule has 0 radical (unpaired) electrons. The van der Waals surface area contributed by atoms with Gasteiger partial charge in [-0.3, -0.25) is 0 Å². The molecule has 0 fully saturated rings. The third-order valence-corrected chi connectivity index (χ3v) is 3.95. The number of anilines is 3. The summed E-state index contributed by atoms with van der Waals surface area (Å²) in [4.78, 5) is 15.7. The highest BCUT2D eigenvalue weighted by atomic mass is 79.9. The highest BCUT2D eigenvalue weighted by Gasteiger charge is 2.12. The van der Waals surface area contributed by atoms with Gasteiger partial charge in [-0.2, -0.15) is 0 Å². The number of pyridine rings is 1. The van der Waals surface area contributed by atoms with Crippen molar-refractivity contribution in [2.45, 2.75) is 0 Å². The molecule has 7 heteroatoms. The molecule has 3 N–H and O–H groups in total. The number of hydrogen-bond acceptors (Lipinski definition) is 5. The Balaban J connectivity index is 2.35. The van der Waals surface area contributed by atoms with Crippen molar-refractivity contribution in [1.82, 2.24) is 4.98 Å². The summed E-state index contributed by atoms with van der Waals surface area (Å²) in [7, 11) is 1.29. The number of nitrogens with two attached hydrogens (primary N) is 1. The molecule has 2 aromatic rings. The van der Waals surface area contributed by atoms with Gasteiger partial charge in [-0.05, 0) is 34.1 Å². The normalized spacial score (nSPS) is 10.2. The monoisotopic (exact) mass is 355 g/mol. The molecule has 0 amide bonds. The Hall–Kier alpha value is -1.79. The number of benzene rings is 1. The van der Waals surface area contributed by atoms with Crippen molar-refractivity contribution in [3.63, 3.8) is 0 Å². The van der Waals surface area contributed by atoms with E-state index in [-0.39, 0.29) is 11.3 Å². The molecule has 0 bridgehead atoms. The number of esters is 1. The van der Waals surface area contributed by atoms with Crippen molar-refractivity contribution in [1.29, 1.82) is 0 Å². The van der Waals surface area contributed by atoms with Gasteiger partial charge < -0.3 is 15.8 Å². The quantitative estimate of drug-likeness (QED) is 0.822. The maximum absolute atomic E-state index is 11.6. The summed E-state index contributed by atoms with van der Waals surface area (Å²) >= 11 is 9.38. The zero-order chi connectivity index (χ0) is 14.7. The van der Waals surface area contributed by atoms with Crippen LogP contribution in [-0.4, -0.2) is 18.1 Å². The lowest BCUT2D eigenvalue weighted by atomic mass is 10.2. The Labute approximate surface area is 129 Å². The number of methoxy groups -OCH3 is 1. The standard InChI is InChI=1S/C13H11BrClN3O2/c1-20-13(19)7-5-11(17-6-9(7)16)18-10-4-2-3-8(15)12(10)14/h2-6H,16H2,1H3,(H,17,18). The Morgan fingerprint density at radius 3 is 2.95 bits per heavy atom. The van der Waals surface area contributed by atoms with Gasteiger partial charge in [-0.1, -0.05) is 17.7 Å². The number of carbonyl (C=O) groups excluding carboxylic acids is 1. The van der Waals surface area contributed by atoms with E-state index in [0.29, 0.717) is 15.3 Å². The second-order valence-electron chi connectivity index (χ2n) is 3.87. The summed E-state index contributed by atoms with van der Waals surface area (Å²) in [5, 5.41) is 3.62. The van der Waals surface area contributed by atoms with Gasteiger partial charge in [0.05, 0.1) is 39.7 Å². The molecule has 20 heavy (non-hydrogen) atoms. The summed E-state index contributed by atoms with van der Waals surface area (Å²) in [6, 6.07) is 6.90. The number of rotatable bonds is 3. The Morgan fingerprint density at radius 2 is 2.25 bits per heavy atom. The van der Waals surface area contributed by atoms with Crippen LogP contribution in [-0.2, 0) is 4.74 Å². The van der Waals surface area contributed by atoms with Crippen LogP contribution in [0, 0.1) is 0 Å². The van der Waals surface area contributed by atoms with E-state index in [1.54, 1.807) is 12.1 Å². The van der Waals surface area contributed by atoms with Crippen LogP contribution in [0.15, 0.2) is 34.9 Å². The molecule has 0 spiro atoms. The number of halogens is 2. The van der Waals surface area contributed by atoms with Crippen LogP contribution in [0.2, 0.25) is 5.02 Å². The number of nitrogens with one attached hydrogen (secondary N) is 1. The second-order valence-corrected chi connectivity index (χ2v) is 5.07. The minimum atomic E-state index is -0.516. The first kappa shape index (κ1) is 14.6. The van der Waals surface area contributed by atoms with Gasteiger partial charge in [0.15, 0.2) is 0 Å². The second kappa shape index (κ2) is 6.11. The maximum Gasteiger partial charge on any atom is 0.340 e. The van der Waals surface area contributed by atoms with Crippen LogP contribution in [0.5, 0.6) is 0 Å². The predicted octanol–water partition coefficient (Wildman–Crippen LogP) is 3.61. The van der Waals surface area contributed by atoms with Crippen molar-refractivity contribution in [3.05, 3.63) is 45.5 Å². The van der Waals surface area contributed by atoms with E-state index in [1.165, 1.54) is 19.4 Å². The minimum Gasteiger partial charge on any atom is -0.465 e. The highest BCUT2D eigenvalue weighted by molar-refractivity contribution is 9.10. The lowest BCUT2D eigenvalue weighted by Crippen LogP contribution is -2.07. The molecule has 0 saturated heterocycles. The van der Waals surface area contributed by atoms with Gasteiger partial charge in [-0.15, -0.1) is 0 Å². The maximum atomic E-state index is 11.6. The molecule has 1 aromatic heterocycles. The average molecular weight is 357 g/mol. The van der Waals surface area contributed by atoms with Crippen LogP contribution in [0.25, 0.3) is 0 Å². The first-order valence-corrected chi connectivity index (χ1v) is 6.75. The molecule has 0 aliphatic carbocycles. The molecule has 2 rings (SSSR count). The van der Waals surface area contributed by atoms with E-state index in [0.717, 1.165) is 5.69 Å². The topological polar surface area (TPSA) is 77.2 Å². The summed E-state index contributed by atoms with van der Waals surface area (Å²) in [5.41, 5.74) is 6.93. The van der Waals surface area contributed by atoms with Gasteiger partial charge in [0.1, 0.15) is 5.82 Å². The average Bonchev–Trinajstić information content (AvgIpc) is 2.45. The lowest BCUT2D eigenvalue weighted by Gasteiger charge is -2.10. The zero-order valence-electron chi connectivity index (χ0n) is 10.5. The van der Waals surface area contributed by atoms with Crippen LogP contribution in [0.1, 0.15) is 10.4 Å². The van der Waals surface area contributed by atoms with Gasteiger partial charge in [0.2, 0.25) is 0 Å². The number of nitrogens with zero attached hydrogens (tertiary/aromatic N) is 1. The minimum absolute atomic E-state index is 0.253. The van der Waals surface area contributed by atoms with Crippen molar-refractivity contribution >= 4 is 50.7 Å². The fraction of sp³-hybridized carbons (Fsp3) is 0.0769. The number of ether oxygens (including phenoxy) is 1. The van der Waals surface area contributed by atoms with E-state index in [2.05, 4.69) is 31.0 Å². The van der Waals surface area contributed by atoms with Crippen LogP contribution >= 0.6 is 27.5 Å². The first-order valence-electron chi connectivity index (χ1n) is 5.57. The molecule has 1 aromatic carbocycles. The van der Waals surface area contributed by atoms with E-state index >= 15 is 0 Å². The van der Waals surface area contributed by atoms with Crippen molar-refractivity contribution in [2.24, 2.45) is 0 Å². The summed E-state index contributed by atoms with van der Waals surface area (Å²) in [5.74, 6) is -0.0549. The molecule has 5 nitrogen and oxygen atoms in total. The van der Waals surface area contributed by atoms with Gasteiger partial charge in [-0.25, -0.2) is 9.78 Å². The Bertz CT molecular complexity index is 664. The zero-order valence-corrected chi connectivity index (χ0v) is 12.8. The number of aromatic nitrogens is 1. The lowest BCUT2D eigenvalue weighted by molar-refractivity contribution is 0.0602. The van der Waals surface area contributed by atoms with E-state index < -0.39 is 5.97 Å². The Kier molecular flexibility index (Phi) is 4.46. The number of hydrogen-bond donors (Lipinski definition) is 2. The number of carbonyl (C=O) groups is 1. The van der Waals surface area contributed by atoms with Gasteiger partial charge >= 0.3 is 5.97 Å². The third kappa shape index (κ3) is 3.02. The van der Waals surface area contributed by atoms with Gasteiger partial charge in [0, 0.05) is 0 Å². The fourth-order valence-electron chi connectivity index (χ4n) is 1.56. The van der Waals surface area contributed by atoms with Crippen LogP contribution in [0.4, 0.5) is 17.2 Å². The summed E-state index contributed by atoms with van der Waals surface area (Å²) < 4.78 is 5.37. The van der Waals surface area contributed by atoms with Crippen LogP contribution < -0.4 is 11.1 Å². The molecule has 1 heterocycles. The van der Waals surface area contributed by atoms with Crippen molar-refractivity contribution < 1.29 is 9.53 Å². The van der Waals surface area contributed by atoms with Crippen molar-refractivity contribution in [2.75, 3.05) is 18.2 Å². The van der Waals surface area contributed by atoms with Gasteiger partial charge in [0.25, 0.3) is 0 Å². The molecule has 0 saturated carbocycles. The molecule has 0 unspecified atom stereocenters. The smallest absolute Gasteiger partial charge is 0.340 e. The van der Waals surface area contributed by atoms with Crippen molar-refractivity contribution in [3.8, 4) is 0 Å². The number of nitrogen functional groups attached to an aromatic ring is 1. The van der Waals surface area contributed by atoms with E-state index in [1.807, 2.05) is 6.07 Å². The molecule has 104 valence electrons.